The molecule has 3 heterocycles. The van der Waals surface area contributed by atoms with Crippen LogP contribution in [-0.2, 0) is 0 Å². The Morgan fingerprint density at radius 1 is 1.00 bits per heavy atom. The third-order valence-corrected chi connectivity index (χ3v) is 4.05. The van der Waals surface area contributed by atoms with E-state index in [1.807, 2.05) is 18.2 Å². The van der Waals surface area contributed by atoms with Crippen LogP contribution in [0.1, 0.15) is 5.56 Å². The highest BCUT2D eigenvalue weighted by Gasteiger charge is 2.11. The van der Waals surface area contributed by atoms with E-state index in [0.29, 0.717) is 11.6 Å². The lowest BCUT2D eigenvalue weighted by Gasteiger charge is -1.99. The number of hydrogen-bond donors (Lipinski definition) is 0. The zero-order chi connectivity index (χ0) is 14.2. The van der Waals surface area contributed by atoms with Crippen LogP contribution in [0.5, 0.6) is 0 Å². The van der Waals surface area contributed by atoms with E-state index >= 15 is 0 Å². The third-order valence-electron chi connectivity index (χ3n) is 3.37. The minimum atomic E-state index is 0.620. The molecular formula is C16H12N4S. The molecule has 0 aliphatic carbocycles. The van der Waals surface area contributed by atoms with Crippen molar-refractivity contribution >= 4 is 17.1 Å². The standard InChI is InChI=1S/C16H12N4S/c1-11-2-4-12(5-3-11)15-18-16-17-8-6-14(20(16)19-15)13-7-9-21-10-13/h2-10H,1H3. The van der Waals surface area contributed by atoms with E-state index in [0.717, 1.165) is 16.8 Å². The summed E-state index contributed by atoms with van der Waals surface area (Å²) in [6, 6.07) is 12.2. The molecule has 0 N–H and O–H groups in total. The summed E-state index contributed by atoms with van der Waals surface area (Å²) in [4.78, 5) is 8.84. The molecule has 1 aromatic carbocycles. The molecule has 0 spiro atoms. The van der Waals surface area contributed by atoms with Gasteiger partial charge in [0.25, 0.3) is 5.78 Å². The van der Waals surface area contributed by atoms with Crippen molar-refractivity contribution in [3.8, 4) is 22.6 Å². The lowest BCUT2D eigenvalue weighted by Crippen LogP contribution is -1.94. The Labute approximate surface area is 125 Å². The fourth-order valence-corrected chi connectivity index (χ4v) is 2.90. The van der Waals surface area contributed by atoms with Gasteiger partial charge in [0.05, 0.1) is 5.69 Å². The van der Waals surface area contributed by atoms with E-state index in [9.17, 15) is 0 Å². The smallest absolute Gasteiger partial charge is 0.220 e. The molecule has 102 valence electrons. The average Bonchev–Trinajstić information content (AvgIpc) is 3.17. The Morgan fingerprint density at radius 3 is 2.62 bits per heavy atom. The minimum Gasteiger partial charge on any atom is -0.220 e. The van der Waals surface area contributed by atoms with Crippen molar-refractivity contribution in [2.24, 2.45) is 0 Å². The van der Waals surface area contributed by atoms with Crippen molar-refractivity contribution in [3.63, 3.8) is 0 Å². The van der Waals surface area contributed by atoms with Crippen LogP contribution in [0.3, 0.4) is 0 Å². The molecule has 4 aromatic rings. The molecule has 5 heteroatoms. The van der Waals surface area contributed by atoms with Crippen LogP contribution in [0.2, 0.25) is 0 Å². The van der Waals surface area contributed by atoms with Gasteiger partial charge < -0.3 is 0 Å². The largest absolute Gasteiger partial charge is 0.253 e. The molecule has 4 rings (SSSR count). The number of hydrogen-bond acceptors (Lipinski definition) is 4. The predicted octanol–water partition coefficient (Wildman–Crippen LogP) is 3.83. The minimum absolute atomic E-state index is 0.620. The molecular weight excluding hydrogens is 280 g/mol. The molecule has 0 atom stereocenters. The Kier molecular flexibility index (Phi) is 2.79. The molecule has 0 aliphatic rings. The van der Waals surface area contributed by atoms with Crippen LogP contribution < -0.4 is 0 Å². The van der Waals surface area contributed by atoms with Gasteiger partial charge in [-0.3, -0.25) is 0 Å². The Hall–Kier alpha value is -2.53. The number of aromatic nitrogens is 4. The van der Waals surface area contributed by atoms with Gasteiger partial charge in [0.15, 0.2) is 5.82 Å². The number of fused-ring (bicyclic) bond motifs is 1. The van der Waals surface area contributed by atoms with E-state index in [1.165, 1.54) is 5.56 Å². The van der Waals surface area contributed by atoms with Crippen molar-refractivity contribution < 1.29 is 0 Å². The van der Waals surface area contributed by atoms with Crippen LogP contribution in [0.4, 0.5) is 0 Å². The topological polar surface area (TPSA) is 43.1 Å². The first-order chi connectivity index (χ1) is 10.3. The molecule has 3 aromatic heterocycles. The van der Waals surface area contributed by atoms with E-state index in [1.54, 1.807) is 22.0 Å². The predicted molar refractivity (Wildman–Crippen MR) is 84.3 cm³/mol. The second-order valence-corrected chi connectivity index (χ2v) is 5.64. The van der Waals surface area contributed by atoms with Gasteiger partial charge in [0.2, 0.25) is 0 Å². The van der Waals surface area contributed by atoms with Gasteiger partial charge in [0, 0.05) is 22.7 Å². The molecule has 21 heavy (non-hydrogen) atoms. The maximum atomic E-state index is 4.62. The molecule has 0 fully saturated rings. The van der Waals surface area contributed by atoms with E-state index in [4.69, 9.17) is 0 Å². The summed E-state index contributed by atoms with van der Waals surface area (Å²) in [6.07, 6.45) is 1.77. The number of aryl methyl sites for hydroxylation is 1. The molecule has 0 amide bonds. The van der Waals surface area contributed by atoms with Crippen molar-refractivity contribution in [1.29, 1.82) is 0 Å². The van der Waals surface area contributed by atoms with Crippen LogP contribution in [0.25, 0.3) is 28.4 Å². The van der Waals surface area contributed by atoms with E-state index < -0.39 is 0 Å². The van der Waals surface area contributed by atoms with Gasteiger partial charge in [-0.15, -0.1) is 5.10 Å². The molecule has 0 saturated heterocycles. The Bertz CT molecular complexity index is 892. The van der Waals surface area contributed by atoms with Gasteiger partial charge in [-0.25, -0.2) is 4.98 Å². The lowest BCUT2D eigenvalue weighted by atomic mass is 10.1. The monoisotopic (exact) mass is 292 g/mol. The maximum absolute atomic E-state index is 4.62. The van der Waals surface area contributed by atoms with Crippen molar-refractivity contribution in [3.05, 3.63) is 58.9 Å². The fraction of sp³-hybridized carbons (Fsp3) is 0.0625. The molecule has 0 aliphatic heterocycles. The number of nitrogens with zero attached hydrogens (tertiary/aromatic N) is 4. The number of benzene rings is 1. The van der Waals surface area contributed by atoms with Crippen LogP contribution >= 0.6 is 11.3 Å². The second kappa shape index (κ2) is 4.79. The molecule has 0 radical (unpaired) electrons. The molecule has 0 unspecified atom stereocenters. The first-order valence-electron chi connectivity index (χ1n) is 6.63. The molecule has 0 bridgehead atoms. The summed E-state index contributed by atoms with van der Waals surface area (Å²) in [6.45, 7) is 2.07. The van der Waals surface area contributed by atoms with Crippen LogP contribution in [0, 0.1) is 6.92 Å². The summed E-state index contributed by atoms with van der Waals surface area (Å²) in [5, 5.41) is 8.77. The number of rotatable bonds is 2. The van der Waals surface area contributed by atoms with Gasteiger partial charge in [0.1, 0.15) is 0 Å². The highest BCUT2D eigenvalue weighted by molar-refractivity contribution is 7.08. The fourth-order valence-electron chi connectivity index (χ4n) is 2.25. The van der Waals surface area contributed by atoms with E-state index in [2.05, 4.69) is 50.9 Å². The summed E-state index contributed by atoms with van der Waals surface area (Å²) < 4.78 is 1.80. The van der Waals surface area contributed by atoms with Gasteiger partial charge in [-0.2, -0.15) is 20.8 Å². The highest BCUT2D eigenvalue weighted by Crippen LogP contribution is 2.23. The summed E-state index contributed by atoms with van der Waals surface area (Å²) in [5.74, 6) is 1.32. The Morgan fingerprint density at radius 2 is 1.86 bits per heavy atom. The SMILES string of the molecule is Cc1ccc(-c2nc3nccc(-c4ccsc4)n3n2)cc1. The maximum Gasteiger partial charge on any atom is 0.253 e. The molecule has 4 nitrogen and oxygen atoms in total. The van der Waals surface area contributed by atoms with Gasteiger partial charge in [-0.1, -0.05) is 29.8 Å². The van der Waals surface area contributed by atoms with Crippen molar-refractivity contribution in [2.75, 3.05) is 0 Å². The van der Waals surface area contributed by atoms with Crippen molar-refractivity contribution in [2.45, 2.75) is 6.92 Å². The van der Waals surface area contributed by atoms with Gasteiger partial charge in [-0.05, 0) is 24.4 Å². The van der Waals surface area contributed by atoms with Crippen molar-refractivity contribution in [1.82, 2.24) is 19.6 Å². The van der Waals surface area contributed by atoms with Crippen LogP contribution in [-0.4, -0.2) is 19.6 Å². The number of thiophene rings is 1. The lowest BCUT2D eigenvalue weighted by molar-refractivity contribution is 0.952. The summed E-state index contributed by atoms with van der Waals surface area (Å²) in [5.41, 5.74) is 4.36. The first-order valence-corrected chi connectivity index (χ1v) is 7.57. The summed E-state index contributed by atoms with van der Waals surface area (Å²) in [7, 11) is 0. The Balaban J connectivity index is 1.90. The quantitative estimate of drug-likeness (QED) is 0.564. The van der Waals surface area contributed by atoms with Crippen LogP contribution in [0.15, 0.2) is 53.4 Å². The highest BCUT2D eigenvalue weighted by atomic mass is 32.1. The van der Waals surface area contributed by atoms with E-state index in [-0.39, 0.29) is 0 Å². The second-order valence-electron chi connectivity index (χ2n) is 4.86. The van der Waals surface area contributed by atoms with Gasteiger partial charge >= 0.3 is 0 Å². The molecule has 0 saturated carbocycles. The zero-order valence-electron chi connectivity index (χ0n) is 11.4. The summed E-state index contributed by atoms with van der Waals surface area (Å²) >= 11 is 1.67. The first kappa shape index (κ1) is 12.2. The third kappa shape index (κ3) is 2.11. The zero-order valence-corrected chi connectivity index (χ0v) is 12.2. The normalized spacial score (nSPS) is 11.1. The average molecular weight is 292 g/mol.